The number of hydrogen-bond donors (Lipinski definition) is 0. The summed E-state index contributed by atoms with van der Waals surface area (Å²) in [6.45, 7) is 4.73. The largest absolute Gasteiger partial charge is 0.378 e. The maximum Gasteiger partial charge on any atom is 0.242 e. The number of likely N-dealkylation sites (tertiary alicyclic amines) is 1. The second-order valence-corrected chi connectivity index (χ2v) is 8.66. The van der Waals surface area contributed by atoms with E-state index in [4.69, 9.17) is 4.74 Å². The summed E-state index contributed by atoms with van der Waals surface area (Å²) in [6, 6.07) is 0. The third-order valence-electron chi connectivity index (χ3n) is 6.96. The van der Waals surface area contributed by atoms with Gasteiger partial charge in [-0.15, -0.1) is 0 Å². The van der Waals surface area contributed by atoms with E-state index < -0.39 is 0 Å². The SMILES string of the molecule is O=C(CCC1CN(C(=O)Cn2ccnc2)CC12CCCCC2)N1CCOCC1. The highest BCUT2D eigenvalue weighted by atomic mass is 16.5. The normalized spacial score (nSPS) is 24.6. The van der Waals surface area contributed by atoms with Crippen LogP contribution in [0.1, 0.15) is 44.9 Å². The molecule has 1 aliphatic carbocycles. The van der Waals surface area contributed by atoms with Crippen LogP contribution in [-0.2, 0) is 20.9 Å². The van der Waals surface area contributed by atoms with Crippen LogP contribution in [0.4, 0.5) is 0 Å². The molecule has 7 heteroatoms. The van der Waals surface area contributed by atoms with Crippen LogP contribution in [0, 0.1) is 11.3 Å². The molecule has 1 aromatic rings. The average Bonchev–Trinajstić information content (AvgIpc) is 3.36. The molecule has 3 heterocycles. The molecule has 0 N–H and O–H groups in total. The Balaban J connectivity index is 1.38. The first kappa shape index (κ1) is 19.4. The number of rotatable bonds is 5. The van der Waals surface area contributed by atoms with Crippen molar-refractivity contribution in [1.82, 2.24) is 19.4 Å². The highest BCUT2D eigenvalue weighted by molar-refractivity contribution is 5.77. The van der Waals surface area contributed by atoms with Crippen LogP contribution < -0.4 is 0 Å². The van der Waals surface area contributed by atoms with Crippen LogP contribution in [-0.4, -0.2) is 70.6 Å². The lowest BCUT2D eigenvalue weighted by Gasteiger charge is -2.38. The van der Waals surface area contributed by atoms with Crippen molar-refractivity contribution in [3.8, 4) is 0 Å². The summed E-state index contributed by atoms with van der Waals surface area (Å²) in [5, 5.41) is 0. The molecule has 1 saturated carbocycles. The van der Waals surface area contributed by atoms with Crippen LogP contribution in [0.3, 0.4) is 0 Å². The maximum absolute atomic E-state index is 12.9. The first-order valence-electron chi connectivity index (χ1n) is 10.8. The van der Waals surface area contributed by atoms with Gasteiger partial charge in [-0.25, -0.2) is 4.98 Å². The Hall–Kier alpha value is -1.89. The number of nitrogens with zero attached hydrogens (tertiary/aromatic N) is 4. The van der Waals surface area contributed by atoms with Crippen molar-refractivity contribution in [2.24, 2.45) is 11.3 Å². The second kappa shape index (κ2) is 8.64. The molecule has 4 rings (SSSR count). The van der Waals surface area contributed by atoms with Gasteiger partial charge < -0.3 is 19.1 Å². The molecule has 1 unspecified atom stereocenters. The predicted octanol–water partition coefficient (Wildman–Crippen LogP) is 1.93. The van der Waals surface area contributed by atoms with E-state index >= 15 is 0 Å². The topological polar surface area (TPSA) is 67.7 Å². The minimum absolute atomic E-state index is 0.171. The van der Waals surface area contributed by atoms with E-state index in [2.05, 4.69) is 9.88 Å². The number of aromatic nitrogens is 2. The Morgan fingerprint density at radius 3 is 2.57 bits per heavy atom. The van der Waals surface area contributed by atoms with Gasteiger partial charge in [0.1, 0.15) is 6.54 Å². The molecule has 2 aliphatic heterocycles. The fourth-order valence-electron chi connectivity index (χ4n) is 5.35. The number of morpholine rings is 1. The number of ether oxygens (including phenoxy) is 1. The molecule has 0 bridgehead atoms. The van der Waals surface area contributed by atoms with E-state index in [0.717, 1.165) is 19.5 Å². The number of amides is 2. The summed E-state index contributed by atoms with van der Waals surface area (Å²) in [6.07, 6.45) is 12.9. The highest BCUT2D eigenvalue weighted by Gasteiger charge is 2.47. The summed E-state index contributed by atoms with van der Waals surface area (Å²) in [7, 11) is 0. The maximum atomic E-state index is 12.9. The molecule has 7 nitrogen and oxygen atoms in total. The lowest BCUT2D eigenvalue weighted by Crippen LogP contribution is -2.41. The monoisotopic (exact) mass is 388 g/mol. The third-order valence-corrected chi connectivity index (χ3v) is 6.96. The van der Waals surface area contributed by atoms with Gasteiger partial charge in [0.05, 0.1) is 19.5 Å². The molecular weight excluding hydrogens is 356 g/mol. The van der Waals surface area contributed by atoms with Gasteiger partial charge in [0.25, 0.3) is 0 Å². The molecule has 2 saturated heterocycles. The molecule has 0 radical (unpaired) electrons. The Bertz CT molecular complexity index is 663. The van der Waals surface area contributed by atoms with Gasteiger partial charge in [-0.05, 0) is 30.6 Å². The summed E-state index contributed by atoms with van der Waals surface area (Å²) < 4.78 is 7.20. The molecule has 3 fully saturated rings. The van der Waals surface area contributed by atoms with Crippen LogP contribution in [0.2, 0.25) is 0 Å². The van der Waals surface area contributed by atoms with Crippen LogP contribution in [0.15, 0.2) is 18.7 Å². The van der Waals surface area contributed by atoms with Crippen molar-refractivity contribution in [2.75, 3.05) is 39.4 Å². The van der Waals surface area contributed by atoms with Gasteiger partial charge in [0.2, 0.25) is 11.8 Å². The summed E-state index contributed by atoms with van der Waals surface area (Å²) in [5.74, 6) is 0.854. The molecule has 1 aromatic heterocycles. The van der Waals surface area contributed by atoms with E-state index in [-0.39, 0.29) is 17.2 Å². The molecule has 2 amide bonds. The van der Waals surface area contributed by atoms with Gasteiger partial charge in [-0.1, -0.05) is 19.3 Å². The van der Waals surface area contributed by atoms with Crippen molar-refractivity contribution in [1.29, 1.82) is 0 Å². The van der Waals surface area contributed by atoms with Gasteiger partial charge in [0.15, 0.2) is 0 Å². The van der Waals surface area contributed by atoms with Crippen LogP contribution in [0.5, 0.6) is 0 Å². The molecule has 28 heavy (non-hydrogen) atoms. The Labute approximate surface area is 167 Å². The van der Waals surface area contributed by atoms with E-state index in [9.17, 15) is 9.59 Å². The van der Waals surface area contributed by atoms with Gasteiger partial charge >= 0.3 is 0 Å². The first-order valence-corrected chi connectivity index (χ1v) is 10.8. The van der Waals surface area contributed by atoms with Crippen molar-refractivity contribution in [3.05, 3.63) is 18.7 Å². The van der Waals surface area contributed by atoms with Gasteiger partial charge in [0, 0.05) is 45.0 Å². The predicted molar refractivity (Wildman–Crippen MR) is 104 cm³/mol. The Kier molecular flexibility index (Phi) is 5.99. The van der Waals surface area contributed by atoms with E-state index in [1.54, 1.807) is 12.5 Å². The lowest BCUT2D eigenvalue weighted by molar-refractivity contribution is -0.135. The standard InChI is InChI=1S/C21H32N4O3/c26-19(24-10-12-28-13-11-24)5-4-18-14-25(16-21(18)6-2-1-3-7-21)20(27)15-23-9-8-22-17-23/h8-9,17-18H,1-7,10-16H2. The quantitative estimate of drug-likeness (QED) is 0.773. The van der Waals surface area contributed by atoms with Crippen LogP contribution in [0.25, 0.3) is 0 Å². The van der Waals surface area contributed by atoms with Gasteiger partial charge in [-0.3, -0.25) is 9.59 Å². The zero-order chi connectivity index (χ0) is 19.4. The molecular formula is C21H32N4O3. The minimum Gasteiger partial charge on any atom is -0.378 e. The molecule has 154 valence electrons. The van der Waals surface area contributed by atoms with Crippen molar-refractivity contribution in [3.63, 3.8) is 0 Å². The van der Waals surface area contributed by atoms with Crippen molar-refractivity contribution < 1.29 is 14.3 Å². The van der Waals surface area contributed by atoms with Crippen LogP contribution >= 0.6 is 0 Å². The van der Waals surface area contributed by atoms with E-state index in [0.29, 0.717) is 45.2 Å². The zero-order valence-corrected chi connectivity index (χ0v) is 16.7. The van der Waals surface area contributed by atoms with Crippen molar-refractivity contribution in [2.45, 2.75) is 51.5 Å². The fraction of sp³-hybridized carbons (Fsp3) is 0.762. The first-order chi connectivity index (χ1) is 13.7. The second-order valence-electron chi connectivity index (χ2n) is 8.66. The fourth-order valence-corrected chi connectivity index (χ4v) is 5.35. The highest BCUT2D eigenvalue weighted by Crippen LogP contribution is 2.49. The number of carbonyl (C=O) groups is 2. The van der Waals surface area contributed by atoms with E-state index in [1.807, 2.05) is 15.7 Å². The smallest absolute Gasteiger partial charge is 0.242 e. The molecule has 1 spiro atoms. The minimum atomic E-state index is 0.171. The third kappa shape index (κ3) is 4.24. The average molecular weight is 389 g/mol. The Morgan fingerprint density at radius 2 is 1.86 bits per heavy atom. The molecule has 3 aliphatic rings. The lowest BCUT2D eigenvalue weighted by atomic mass is 9.66. The summed E-state index contributed by atoms with van der Waals surface area (Å²) in [5.41, 5.74) is 0.216. The molecule has 0 aromatic carbocycles. The summed E-state index contributed by atoms with van der Waals surface area (Å²) >= 11 is 0. The molecule has 1 atom stereocenters. The number of imidazole rings is 1. The van der Waals surface area contributed by atoms with E-state index in [1.165, 1.54) is 32.1 Å². The summed E-state index contributed by atoms with van der Waals surface area (Å²) in [4.78, 5) is 33.5. The Morgan fingerprint density at radius 1 is 1.07 bits per heavy atom. The van der Waals surface area contributed by atoms with Crippen molar-refractivity contribution >= 4 is 11.8 Å². The number of carbonyl (C=O) groups excluding carboxylic acids is 2. The zero-order valence-electron chi connectivity index (χ0n) is 16.7. The van der Waals surface area contributed by atoms with Gasteiger partial charge in [-0.2, -0.15) is 0 Å². The number of hydrogen-bond acceptors (Lipinski definition) is 4.